The quantitative estimate of drug-likeness (QED) is 0.437. The molecule has 0 aliphatic carbocycles. The molecule has 9 nitrogen and oxygen atoms in total. The lowest BCUT2D eigenvalue weighted by molar-refractivity contribution is -0.385. The second kappa shape index (κ2) is 10.6. The number of ether oxygens (including phenoxy) is 2. The van der Waals surface area contributed by atoms with E-state index in [1.807, 2.05) is 24.3 Å². The first-order chi connectivity index (χ1) is 14.3. The second-order valence-corrected chi connectivity index (χ2v) is 7.24. The number of nitrogens with zero attached hydrogens (tertiary/aromatic N) is 2. The average Bonchev–Trinajstić information content (AvgIpc) is 2.74. The van der Waals surface area contributed by atoms with Gasteiger partial charge in [0.25, 0.3) is 5.91 Å². The molecule has 0 fully saturated rings. The Hall–Kier alpha value is -3.14. The van der Waals surface area contributed by atoms with Gasteiger partial charge in [-0.1, -0.05) is 28.1 Å². The number of amides is 2. The Labute approximate surface area is 182 Å². The highest BCUT2D eigenvalue weighted by atomic mass is 79.9. The fourth-order valence-electron chi connectivity index (χ4n) is 2.75. The zero-order valence-corrected chi connectivity index (χ0v) is 18.3. The van der Waals surface area contributed by atoms with Gasteiger partial charge < -0.3 is 19.7 Å². The molecule has 2 aromatic rings. The molecule has 2 aromatic carbocycles. The van der Waals surface area contributed by atoms with Crippen molar-refractivity contribution < 1.29 is 24.0 Å². The van der Waals surface area contributed by atoms with E-state index in [2.05, 4.69) is 21.2 Å². The van der Waals surface area contributed by atoms with Gasteiger partial charge in [0.15, 0.2) is 6.61 Å². The summed E-state index contributed by atoms with van der Waals surface area (Å²) in [5.74, 6) is -0.464. The number of nitrogens with one attached hydrogen (secondary N) is 1. The molecule has 1 N–H and O–H groups in total. The summed E-state index contributed by atoms with van der Waals surface area (Å²) in [7, 11) is 2.81. The minimum absolute atomic E-state index is 0.0228. The fourth-order valence-corrected chi connectivity index (χ4v) is 3.20. The van der Waals surface area contributed by atoms with Crippen LogP contribution in [-0.2, 0) is 16.1 Å². The van der Waals surface area contributed by atoms with Crippen molar-refractivity contribution in [1.82, 2.24) is 10.2 Å². The molecule has 10 heteroatoms. The molecule has 0 saturated heterocycles. The largest absolute Gasteiger partial charge is 0.490 e. The molecule has 0 aliphatic heterocycles. The molecule has 160 valence electrons. The zero-order chi connectivity index (χ0) is 22.3. The summed E-state index contributed by atoms with van der Waals surface area (Å²) < 4.78 is 11.4. The van der Waals surface area contributed by atoms with E-state index >= 15 is 0 Å². The van der Waals surface area contributed by atoms with Crippen LogP contribution in [0.4, 0.5) is 5.69 Å². The Balaban J connectivity index is 2.17. The Morgan fingerprint density at radius 3 is 2.60 bits per heavy atom. The first kappa shape index (κ1) is 23.1. The maximum absolute atomic E-state index is 12.9. The number of carbonyl (C=O) groups is 2. The van der Waals surface area contributed by atoms with Gasteiger partial charge in [-0.25, -0.2) is 0 Å². The molecule has 0 heterocycles. The zero-order valence-electron chi connectivity index (χ0n) is 16.8. The number of likely N-dealkylation sites (N-methyl/N-ethyl adjacent to an activating group) is 1. The molecule has 1 unspecified atom stereocenters. The van der Waals surface area contributed by atoms with E-state index in [0.29, 0.717) is 0 Å². The second-order valence-electron chi connectivity index (χ2n) is 6.32. The lowest BCUT2D eigenvalue weighted by atomic mass is 10.1. The minimum atomic E-state index is -0.725. The Morgan fingerprint density at radius 2 is 2.00 bits per heavy atom. The van der Waals surface area contributed by atoms with Crippen LogP contribution in [0.15, 0.2) is 46.9 Å². The van der Waals surface area contributed by atoms with E-state index in [1.54, 1.807) is 6.92 Å². The molecule has 0 saturated carbocycles. The Morgan fingerprint density at radius 1 is 1.27 bits per heavy atom. The van der Waals surface area contributed by atoms with Crippen LogP contribution in [-0.4, -0.2) is 48.4 Å². The number of hydrogen-bond acceptors (Lipinski definition) is 6. The summed E-state index contributed by atoms with van der Waals surface area (Å²) in [6, 6.07) is 10.7. The molecule has 0 spiro atoms. The van der Waals surface area contributed by atoms with Gasteiger partial charge in [0.05, 0.1) is 12.0 Å². The van der Waals surface area contributed by atoms with E-state index < -0.39 is 16.9 Å². The van der Waals surface area contributed by atoms with E-state index in [4.69, 9.17) is 9.47 Å². The van der Waals surface area contributed by atoms with Gasteiger partial charge in [-0.3, -0.25) is 19.7 Å². The van der Waals surface area contributed by atoms with E-state index in [1.165, 1.54) is 37.3 Å². The van der Waals surface area contributed by atoms with Crippen molar-refractivity contribution >= 4 is 33.4 Å². The van der Waals surface area contributed by atoms with Gasteiger partial charge in [0.2, 0.25) is 11.7 Å². The maximum Gasteiger partial charge on any atom is 0.311 e. The summed E-state index contributed by atoms with van der Waals surface area (Å²) in [5.41, 5.74) is 0.631. The van der Waals surface area contributed by atoms with Crippen LogP contribution >= 0.6 is 15.9 Å². The lowest BCUT2D eigenvalue weighted by Crippen LogP contribution is -2.48. The molecular formula is C20H22BrN3O6. The van der Waals surface area contributed by atoms with Gasteiger partial charge in [0.1, 0.15) is 11.8 Å². The monoisotopic (exact) mass is 479 g/mol. The van der Waals surface area contributed by atoms with Crippen LogP contribution < -0.4 is 14.8 Å². The number of benzene rings is 2. The first-order valence-corrected chi connectivity index (χ1v) is 9.76. The van der Waals surface area contributed by atoms with Crippen LogP contribution in [0.3, 0.4) is 0 Å². The fraction of sp³-hybridized carbons (Fsp3) is 0.300. The van der Waals surface area contributed by atoms with Gasteiger partial charge in [-0.05, 0) is 30.7 Å². The van der Waals surface area contributed by atoms with Gasteiger partial charge in [-0.15, -0.1) is 0 Å². The predicted molar refractivity (Wildman–Crippen MR) is 113 cm³/mol. The molecule has 0 radical (unpaired) electrons. The highest BCUT2D eigenvalue weighted by Gasteiger charge is 2.26. The molecular weight excluding hydrogens is 458 g/mol. The summed E-state index contributed by atoms with van der Waals surface area (Å²) in [5, 5.41) is 13.5. The van der Waals surface area contributed by atoms with E-state index in [-0.39, 0.29) is 36.2 Å². The predicted octanol–water partition coefficient (Wildman–Crippen LogP) is 2.91. The standard InChI is InChI=1S/C20H22BrN3O6/c1-13(20(26)22-2)23(11-14-5-4-6-15(21)9-14)19(25)12-30-16-7-8-17(24(27)28)18(10-16)29-3/h4-10,13H,11-12H2,1-3H3,(H,22,26). The maximum atomic E-state index is 12.9. The highest BCUT2D eigenvalue weighted by molar-refractivity contribution is 9.10. The van der Waals surface area contributed by atoms with Crippen LogP contribution in [0.1, 0.15) is 12.5 Å². The average molecular weight is 480 g/mol. The number of hydrogen-bond donors (Lipinski definition) is 1. The van der Waals surface area contributed by atoms with Crippen molar-refractivity contribution in [2.24, 2.45) is 0 Å². The Kier molecular flexibility index (Phi) is 8.16. The molecule has 0 aromatic heterocycles. The normalized spacial score (nSPS) is 11.3. The van der Waals surface area contributed by atoms with Crippen LogP contribution in [0.2, 0.25) is 0 Å². The number of nitro benzene ring substituents is 1. The van der Waals surface area contributed by atoms with Crippen molar-refractivity contribution in [2.75, 3.05) is 20.8 Å². The molecule has 1 atom stereocenters. The number of methoxy groups -OCH3 is 1. The third-order valence-electron chi connectivity index (χ3n) is 4.37. The van der Waals surface area contributed by atoms with Crippen molar-refractivity contribution in [2.45, 2.75) is 19.5 Å². The topological polar surface area (TPSA) is 111 Å². The highest BCUT2D eigenvalue weighted by Crippen LogP contribution is 2.30. The summed E-state index contributed by atoms with van der Waals surface area (Å²) in [4.78, 5) is 36.8. The number of rotatable bonds is 9. The summed E-state index contributed by atoms with van der Waals surface area (Å²) in [6.45, 7) is 1.49. The smallest absolute Gasteiger partial charge is 0.311 e. The molecule has 0 bridgehead atoms. The number of nitro groups is 1. The summed E-state index contributed by atoms with van der Waals surface area (Å²) >= 11 is 3.39. The van der Waals surface area contributed by atoms with Gasteiger partial charge >= 0.3 is 5.69 Å². The molecule has 0 aliphatic rings. The molecule has 2 amide bonds. The van der Waals surface area contributed by atoms with Crippen molar-refractivity contribution in [3.05, 3.63) is 62.6 Å². The number of carbonyl (C=O) groups excluding carboxylic acids is 2. The molecule has 2 rings (SSSR count). The van der Waals surface area contributed by atoms with Crippen LogP contribution in [0, 0.1) is 10.1 Å². The SMILES string of the molecule is CNC(=O)C(C)N(Cc1cccc(Br)c1)C(=O)COc1ccc([N+](=O)[O-])c(OC)c1. The van der Waals surface area contributed by atoms with Crippen LogP contribution in [0.5, 0.6) is 11.5 Å². The lowest BCUT2D eigenvalue weighted by Gasteiger charge is -2.28. The van der Waals surface area contributed by atoms with Crippen molar-refractivity contribution in [3.63, 3.8) is 0 Å². The van der Waals surface area contributed by atoms with E-state index in [0.717, 1.165) is 10.0 Å². The van der Waals surface area contributed by atoms with E-state index in [9.17, 15) is 19.7 Å². The van der Waals surface area contributed by atoms with Gasteiger partial charge in [0, 0.05) is 30.2 Å². The Bertz CT molecular complexity index is 937. The van der Waals surface area contributed by atoms with Gasteiger partial charge in [-0.2, -0.15) is 0 Å². The van der Waals surface area contributed by atoms with Crippen molar-refractivity contribution in [3.8, 4) is 11.5 Å². The third-order valence-corrected chi connectivity index (χ3v) is 4.86. The molecule has 30 heavy (non-hydrogen) atoms. The summed E-state index contributed by atoms with van der Waals surface area (Å²) in [6.07, 6.45) is 0. The first-order valence-electron chi connectivity index (χ1n) is 8.97. The van der Waals surface area contributed by atoms with Crippen molar-refractivity contribution in [1.29, 1.82) is 0 Å². The minimum Gasteiger partial charge on any atom is -0.490 e. The third kappa shape index (κ3) is 5.93. The van der Waals surface area contributed by atoms with Crippen LogP contribution in [0.25, 0.3) is 0 Å². The number of halogens is 1.